The van der Waals surface area contributed by atoms with Crippen LogP contribution in [0.5, 0.6) is 0 Å². The van der Waals surface area contributed by atoms with Crippen LogP contribution in [-0.2, 0) is 27.9 Å². The molecule has 21 heavy (non-hydrogen) atoms. The van der Waals surface area contributed by atoms with Crippen LogP contribution in [0.2, 0.25) is 0 Å². The summed E-state index contributed by atoms with van der Waals surface area (Å²) in [5.41, 5.74) is 0. The Balaban J connectivity index is 4.96. The van der Waals surface area contributed by atoms with Gasteiger partial charge in [-0.15, -0.1) is 0 Å². The van der Waals surface area contributed by atoms with Crippen molar-refractivity contribution in [3.05, 3.63) is 0 Å². The van der Waals surface area contributed by atoms with Crippen molar-refractivity contribution >= 4 is 19.7 Å². The average molecular weight is 325 g/mol. The lowest BCUT2D eigenvalue weighted by Gasteiger charge is -2.25. The Morgan fingerprint density at radius 3 is 1.86 bits per heavy atom. The molecule has 0 aliphatic rings. The van der Waals surface area contributed by atoms with E-state index in [2.05, 4.69) is 0 Å². The molecule has 1 amide bonds. The third-order valence-electron chi connectivity index (χ3n) is 2.15. The zero-order chi connectivity index (χ0) is 16.3. The lowest BCUT2D eigenvalue weighted by Crippen LogP contribution is -2.38. The molecule has 8 nitrogen and oxygen atoms in total. The summed E-state index contributed by atoms with van der Waals surface area (Å²) < 4.78 is 32.2. The monoisotopic (exact) mass is 325 g/mol. The summed E-state index contributed by atoms with van der Waals surface area (Å²) in [6.45, 7) is 6.85. The van der Waals surface area contributed by atoms with Crippen LogP contribution in [0.4, 0.5) is 4.79 Å². The van der Waals surface area contributed by atoms with Crippen molar-refractivity contribution < 1.29 is 32.7 Å². The van der Waals surface area contributed by atoms with E-state index in [0.29, 0.717) is 0 Å². The molecule has 0 fully saturated rings. The SMILES string of the molecule is CCOC(=O)CN(CP(=O)(OCC)OCC)C(=O)OCC. The highest BCUT2D eigenvalue weighted by Crippen LogP contribution is 2.48. The molecule has 0 spiro atoms. The first-order valence-electron chi connectivity index (χ1n) is 6.87. The number of nitrogens with zero attached hydrogens (tertiary/aromatic N) is 1. The van der Waals surface area contributed by atoms with Gasteiger partial charge in [0.1, 0.15) is 12.8 Å². The summed E-state index contributed by atoms with van der Waals surface area (Å²) in [5, 5.41) is 0. The molecule has 0 heterocycles. The van der Waals surface area contributed by atoms with E-state index in [9.17, 15) is 14.2 Å². The first-order chi connectivity index (χ1) is 9.92. The molecule has 0 aliphatic carbocycles. The maximum absolute atomic E-state index is 12.4. The largest absolute Gasteiger partial charge is 0.465 e. The molecule has 124 valence electrons. The summed E-state index contributed by atoms with van der Waals surface area (Å²) in [7, 11) is -3.51. The van der Waals surface area contributed by atoms with Crippen molar-refractivity contribution in [3.8, 4) is 0 Å². The lowest BCUT2D eigenvalue weighted by atomic mass is 10.6. The third kappa shape index (κ3) is 8.04. The molecular weight excluding hydrogens is 301 g/mol. The Kier molecular flexibility index (Phi) is 10.0. The molecular formula is C12H24NO7P. The van der Waals surface area contributed by atoms with Gasteiger partial charge in [0.15, 0.2) is 0 Å². The Morgan fingerprint density at radius 1 is 0.905 bits per heavy atom. The fourth-order valence-electron chi connectivity index (χ4n) is 1.47. The molecule has 0 unspecified atom stereocenters. The highest BCUT2D eigenvalue weighted by Gasteiger charge is 2.32. The van der Waals surface area contributed by atoms with Gasteiger partial charge in [0, 0.05) is 0 Å². The zero-order valence-corrected chi connectivity index (χ0v) is 13.9. The van der Waals surface area contributed by atoms with E-state index in [4.69, 9.17) is 18.5 Å². The van der Waals surface area contributed by atoms with Crippen LogP contribution < -0.4 is 0 Å². The number of esters is 1. The van der Waals surface area contributed by atoms with E-state index in [1.165, 1.54) is 0 Å². The maximum atomic E-state index is 12.4. The summed E-state index contributed by atoms with van der Waals surface area (Å²) in [6.07, 6.45) is -1.14. The van der Waals surface area contributed by atoms with Gasteiger partial charge in [0.25, 0.3) is 0 Å². The number of hydrogen-bond donors (Lipinski definition) is 0. The highest BCUT2D eigenvalue weighted by atomic mass is 31.2. The van der Waals surface area contributed by atoms with Crippen molar-refractivity contribution in [2.45, 2.75) is 27.7 Å². The Hall–Kier alpha value is -1.11. The molecule has 0 aromatic carbocycles. The second-order valence-corrected chi connectivity index (χ2v) is 5.81. The van der Waals surface area contributed by atoms with E-state index < -0.39 is 19.7 Å². The van der Waals surface area contributed by atoms with E-state index in [1.54, 1.807) is 27.7 Å². The molecule has 0 aromatic heterocycles. The number of carbonyl (C=O) groups is 2. The van der Waals surface area contributed by atoms with Gasteiger partial charge in [0.05, 0.1) is 26.4 Å². The molecule has 9 heteroatoms. The van der Waals surface area contributed by atoms with Crippen LogP contribution in [0.1, 0.15) is 27.7 Å². The van der Waals surface area contributed by atoms with E-state index >= 15 is 0 Å². The minimum Gasteiger partial charge on any atom is -0.465 e. The van der Waals surface area contributed by atoms with E-state index in [1.807, 2.05) is 0 Å². The maximum Gasteiger partial charge on any atom is 0.410 e. The zero-order valence-electron chi connectivity index (χ0n) is 13.0. The summed E-state index contributed by atoms with van der Waals surface area (Å²) in [6, 6.07) is 0. The Bertz CT molecular complexity index is 365. The number of amides is 1. The first-order valence-corrected chi connectivity index (χ1v) is 8.60. The standard InChI is InChI=1S/C12H24NO7P/c1-5-17-11(14)9-13(12(15)18-6-2)10-21(16,19-7-3)20-8-4/h5-10H2,1-4H3. The normalized spacial score (nSPS) is 11.0. The number of hydrogen-bond acceptors (Lipinski definition) is 7. The van der Waals surface area contributed by atoms with Gasteiger partial charge in [-0.3, -0.25) is 14.3 Å². The van der Waals surface area contributed by atoms with Gasteiger partial charge in [0.2, 0.25) is 0 Å². The fraction of sp³-hybridized carbons (Fsp3) is 0.833. The van der Waals surface area contributed by atoms with Gasteiger partial charge >= 0.3 is 19.7 Å². The Labute approximate surface area is 125 Å². The van der Waals surface area contributed by atoms with Crippen LogP contribution >= 0.6 is 7.60 Å². The molecule has 0 bridgehead atoms. The molecule has 0 rings (SSSR count). The molecule has 0 N–H and O–H groups in total. The van der Waals surface area contributed by atoms with Gasteiger partial charge in [-0.25, -0.2) is 4.79 Å². The van der Waals surface area contributed by atoms with Crippen molar-refractivity contribution in [2.75, 3.05) is 39.3 Å². The topological polar surface area (TPSA) is 91.4 Å². The summed E-state index contributed by atoms with van der Waals surface area (Å²) in [4.78, 5) is 24.3. The molecule has 0 atom stereocenters. The van der Waals surface area contributed by atoms with Gasteiger partial charge < -0.3 is 18.5 Å². The first kappa shape index (κ1) is 19.9. The van der Waals surface area contributed by atoms with Crippen molar-refractivity contribution in [3.63, 3.8) is 0 Å². The number of carbonyl (C=O) groups excluding carboxylic acids is 2. The average Bonchev–Trinajstić information content (AvgIpc) is 2.39. The molecule has 0 aromatic rings. The van der Waals surface area contributed by atoms with Crippen molar-refractivity contribution in [1.82, 2.24) is 4.90 Å². The van der Waals surface area contributed by atoms with Gasteiger partial charge in [-0.2, -0.15) is 0 Å². The second-order valence-electron chi connectivity index (χ2n) is 3.79. The molecule has 0 radical (unpaired) electrons. The Morgan fingerprint density at radius 2 is 1.43 bits per heavy atom. The highest BCUT2D eigenvalue weighted by molar-refractivity contribution is 7.53. The third-order valence-corrected chi connectivity index (χ3v) is 4.14. The number of rotatable bonds is 10. The van der Waals surface area contributed by atoms with Crippen molar-refractivity contribution in [1.29, 1.82) is 0 Å². The van der Waals surface area contributed by atoms with E-state index in [-0.39, 0.29) is 39.3 Å². The van der Waals surface area contributed by atoms with Crippen molar-refractivity contribution in [2.24, 2.45) is 0 Å². The van der Waals surface area contributed by atoms with Gasteiger partial charge in [-0.1, -0.05) is 0 Å². The van der Waals surface area contributed by atoms with Crippen LogP contribution in [0, 0.1) is 0 Å². The predicted octanol–water partition coefficient (Wildman–Crippen LogP) is 2.23. The summed E-state index contributed by atoms with van der Waals surface area (Å²) >= 11 is 0. The molecule has 0 aliphatic heterocycles. The smallest absolute Gasteiger partial charge is 0.410 e. The van der Waals surface area contributed by atoms with Crippen LogP contribution in [-0.4, -0.2) is 56.2 Å². The molecule has 0 saturated carbocycles. The van der Waals surface area contributed by atoms with Crippen LogP contribution in [0.3, 0.4) is 0 Å². The van der Waals surface area contributed by atoms with Crippen LogP contribution in [0.25, 0.3) is 0 Å². The van der Waals surface area contributed by atoms with Gasteiger partial charge in [-0.05, 0) is 27.7 Å². The minimum atomic E-state index is -3.51. The fourth-order valence-corrected chi connectivity index (χ4v) is 3.13. The molecule has 0 saturated heterocycles. The van der Waals surface area contributed by atoms with Crippen LogP contribution in [0.15, 0.2) is 0 Å². The number of ether oxygens (including phenoxy) is 2. The quantitative estimate of drug-likeness (QED) is 0.449. The predicted molar refractivity (Wildman–Crippen MR) is 76.1 cm³/mol. The second kappa shape index (κ2) is 10.6. The summed E-state index contributed by atoms with van der Waals surface area (Å²) in [5.74, 6) is -0.620. The minimum absolute atomic E-state index is 0.131. The van der Waals surface area contributed by atoms with E-state index in [0.717, 1.165) is 4.90 Å². The lowest BCUT2D eigenvalue weighted by molar-refractivity contribution is -0.143.